The van der Waals surface area contributed by atoms with Gasteiger partial charge in [-0.15, -0.1) is 0 Å². The van der Waals surface area contributed by atoms with E-state index in [1.54, 1.807) is 4.90 Å². The number of benzene rings is 3. The zero-order valence-electron chi connectivity index (χ0n) is 20.3. The van der Waals surface area contributed by atoms with Crippen molar-refractivity contribution in [2.75, 3.05) is 0 Å². The van der Waals surface area contributed by atoms with E-state index in [0.717, 1.165) is 42.4 Å². The van der Waals surface area contributed by atoms with Crippen molar-refractivity contribution in [2.24, 2.45) is 0 Å². The van der Waals surface area contributed by atoms with Crippen LogP contribution in [0.1, 0.15) is 48.8 Å². The van der Waals surface area contributed by atoms with Crippen LogP contribution in [0.2, 0.25) is 10.0 Å². The predicted molar refractivity (Wildman–Crippen MR) is 146 cm³/mol. The average Bonchev–Trinajstić information content (AvgIpc) is 3.40. The van der Waals surface area contributed by atoms with Gasteiger partial charge in [-0.3, -0.25) is 9.59 Å². The zero-order chi connectivity index (χ0) is 25.3. The van der Waals surface area contributed by atoms with E-state index in [0.29, 0.717) is 22.9 Å². The first-order valence-corrected chi connectivity index (χ1v) is 13.4. The summed E-state index contributed by atoms with van der Waals surface area (Å²) in [6.07, 6.45) is 5.38. The monoisotopic (exact) mass is 522 g/mol. The molecule has 0 bridgehead atoms. The molecule has 1 fully saturated rings. The molecule has 1 aliphatic carbocycles. The van der Waals surface area contributed by atoms with Crippen molar-refractivity contribution < 1.29 is 9.59 Å². The minimum absolute atomic E-state index is 0.0997. The number of amides is 2. The maximum absolute atomic E-state index is 13.8. The van der Waals surface area contributed by atoms with Gasteiger partial charge in [-0.2, -0.15) is 0 Å². The molecule has 3 aromatic rings. The van der Waals surface area contributed by atoms with Gasteiger partial charge in [-0.1, -0.05) is 103 Å². The SMILES string of the molecule is O=C(NC1CCCC1)[C@@H](Cc1ccccc1)N(Cc1ccccc1Cl)C(=O)CCc1ccccc1Cl. The van der Waals surface area contributed by atoms with Gasteiger partial charge in [0.05, 0.1) is 0 Å². The highest BCUT2D eigenvalue weighted by molar-refractivity contribution is 6.31. The van der Waals surface area contributed by atoms with Crippen LogP contribution in [0.5, 0.6) is 0 Å². The molecule has 1 N–H and O–H groups in total. The first-order chi connectivity index (χ1) is 17.5. The van der Waals surface area contributed by atoms with Gasteiger partial charge < -0.3 is 10.2 Å². The summed E-state index contributed by atoms with van der Waals surface area (Å²) in [5, 5.41) is 4.45. The topological polar surface area (TPSA) is 49.4 Å². The molecule has 2 amide bonds. The van der Waals surface area contributed by atoms with Crippen molar-refractivity contribution in [2.45, 2.75) is 63.6 Å². The van der Waals surface area contributed by atoms with Crippen molar-refractivity contribution in [1.29, 1.82) is 0 Å². The van der Waals surface area contributed by atoms with E-state index >= 15 is 0 Å². The Morgan fingerprint density at radius 3 is 2.06 bits per heavy atom. The molecule has 6 heteroatoms. The molecule has 36 heavy (non-hydrogen) atoms. The number of rotatable bonds is 10. The standard InChI is InChI=1S/C30H32Cl2N2O2/c31-26-16-8-4-12-23(26)18-19-29(35)34(21-24-13-5-9-17-27(24)32)28(20-22-10-2-1-3-11-22)30(36)33-25-14-6-7-15-25/h1-5,8-13,16-17,25,28H,6-7,14-15,18-21H2,(H,33,36)/t28-/m1/s1. The van der Waals surface area contributed by atoms with Crippen molar-refractivity contribution in [3.8, 4) is 0 Å². The third kappa shape index (κ3) is 7.11. The van der Waals surface area contributed by atoms with Gasteiger partial charge in [-0.25, -0.2) is 0 Å². The molecular weight excluding hydrogens is 491 g/mol. The minimum atomic E-state index is -0.650. The van der Waals surface area contributed by atoms with Crippen molar-refractivity contribution >= 4 is 35.0 Å². The Hall–Kier alpha value is -2.82. The molecule has 1 atom stereocenters. The number of aryl methyl sites for hydroxylation is 1. The van der Waals surface area contributed by atoms with Gasteiger partial charge in [0.25, 0.3) is 0 Å². The Bertz CT molecular complexity index is 1160. The van der Waals surface area contributed by atoms with E-state index in [1.165, 1.54) is 0 Å². The van der Waals surface area contributed by atoms with Crippen LogP contribution < -0.4 is 5.32 Å². The van der Waals surface area contributed by atoms with Crippen LogP contribution in [-0.2, 0) is 29.0 Å². The second-order valence-corrected chi connectivity index (χ2v) is 10.2. The predicted octanol–water partition coefficient (Wildman–Crippen LogP) is 6.62. The van der Waals surface area contributed by atoms with Gasteiger partial charge in [0.1, 0.15) is 6.04 Å². The van der Waals surface area contributed by atoms with Gasteiger partial charge in [0, 0.05) is 35.5 Å². The van der Waals surface area contributed by atoms with E-state index in [-0.39, 0.29) is 30.8 Å². The molecule has 0 aromatic heterocycles. The molecule has 0 unspecified atom stereocenters. The highest BCUT2D eigenvalue weighted by Gasteiger charge is 2.32. The summed E-state index contributed by atoms with van der Waals surface area (Å²) in [7, 11) is 0. The van der Waals surface area contributed by atoms with Crippen molar-refractivity contribution in [1.82, 2.24) is 10.2 Å². The molecule has 0 radical (unpaired) electrons. The molecular formula is C30H32Cl2N2O2. The van der Waals surface area contributed by atoms with E-state index in [9.17, 15) is 9.59 Å². The summed E-state index contributed by atoms with van der Waals surface area (Å²) in [5.74, 6) is -0.207. The van der Waals surface area contributed by atoms with Crippen LogP contribution in [0.25, 0.3) is 0 Å². The maximum atomic E-state index is 13.8. The fourth-order valence-electron chi connectivity index (χ4n) is 4.82. The van der Waals surface area contributed by atoms with Crippen LogP contribution >= 0.6 is 23.2 Å². The van der Waals surface area contributed by atoms with Crippen LogP contribution in [0, 0.1) is 0 Å². The van der Waals surface area contributed by atoms with Gasteiger partial charge >= 0.3 is 0 Å². The zero-order valence-corrected chi connectivity index (χ0v) is 21.8. The molecule has 0 aliphatic heterocycles. The van der Waals surface area contributed by atoms with Crippen LogP contribution in [0.15, 0.2) is 78.9 Å². The number of carbonyl (C=O) groups is 2. The highest BCUT2D eigenvalue weighted by atomic mass is 35.5. The number of halogens is 2. The molecule has 1 aliphatic rings. The van der Waals surface area contributed by atoms with E-state index in [4.69, 9.17) is 23.2 Å². The summed E-state index contributed by atoms with van der Waals surface area (Å²) in [4.78, 5) is 29.2. The summed E-state index contributed by atoms with van der Waals surface area (Å²) in [6, 6.07) is 24.4. The van der Waals surface area contributed by atoms with Crippen LogP contribution in [-0.4, -0.2) is 28.8 Å². The smallest absolute Gasteiger partial charge is 0.243 e. The van der Waals surface area contributed by atoms with E-state index in [2.05, 4.69) is 5.32 Å². The normalized spacial score (nSPS) is 14.4. The van der Waals surface area contributed by atoms with Gasteiger partial charge in [-0.05, 0) is 48.1 Å². The molecule has 3 aromatic carbocycles. The number of carbonyl (C=O) groups excluding carboxylic acids is 2. The van der Waals surface area contributed by atoms with E-state index < -0.39 is 6.04 Å². The minimum Gasteiger partial charge on any atom is -0.352 e. The molecule has 4 nitrogen and oxygen atoms in total. The Morgan fingerprint density at radius 1 is 0.833 bits per heavy atom. The largest absolute Gasteiger partial charge is 0.352 e. The lowest BCUT2D eigenvalue weighted by Crippen LogP contribution is -2.52. The lowest BCUT2D eigenvalue weighted by Gasteiger charge is -2.32. The fourth-order valence-corrected chi connectivity index (χ4v) is 5.24. The summed E-state index contributed by atoms with van der Waals surface area (Å²) < 4.78 is 0. The second-order valence-electron chi connectivity index (χ2n) is 9.40. The quantitative estimate of drug-likeness (QED) is 0.325. The van der Waals surface area contributed by atoms with Crippen molar-refractivity contribution in [3.63, 3.8) is 0 Å². The van der Waals surface area contributed by atoms with Gasteiger partial charge in [0.15, 0.2) is 0 Å². The summed E-state index contributed by atoms with van der Waals surface area (Å²) >= 11 is 12.8. The lowest BCUT2D eigenvalue weighted by atomic mass is 10.0. The number of nitrogens with zero attached hydrogens (tertiary/aromatic N) is 1. The Labute approximate surface area is 223 Å². The first-order valence-electron chi connectivity index (χ1n) is 12.6. The molecule has 188 valence electrons. The van der Waals surface area contributed by atoms with Crippen LogP contribution in [0.3, 0.4) is 0 Å². The Kier molecular flexibility index (Phi) is 9.43. The third-order valence-corrected chi connectivity index (χ3v) is 7.57. The van der Waals surface area contributed by atoms with Gasteiger partial charge in [0.2, 0.25) is 11.8 Å². The average molecular weight is 524 g/mol. The number of hydrogen-bond acceptors (Lipinski definition) is 2. The summed E-state index contributed by atoms with van der Waals surface area (Å²) in [6.45, 7) is 0.261. The lowest BCUT2D eigenvalue weighted by molar-refractivity contribution is -0.141. The van der Waals surface area contributed by atoms with E-state index in [1.807, 2.05) is 78.9 Å². The Morgan fingerprint density at radius 2 is 1.42 bits per heavy atom. The molecule has 1 saturated carbocycles. The van der Waals surface area contributed by atoms with Crippen LogP contribution in [0.4, 0.5) is 0 Å². The third-order valence-electron chi connectivity index (χ3n) is 6.84. The fraction of sp³-hybridized carbons (Fsp3) is 0.333. The number of nitrogens with one attached hydrogen (secondary N) is 1. The second kappa shape index (κ2) is 12.9. The Balaban J connectivity index is 1.63. The maximum Gasteiger partial charge on any atom is 0.243 e. The number of hydrogen-bond donors (Lipinski definition) is 1. The van der Waals surface area contributed by atoms with Crippen molar-refractivity contribution in [3.05, 3.63) is 106 Å². The highest BCUT2D eigenvalue weighted by Crippen LogP contribution is 2.24. The molecule has 0 heterocycles. The summed E-state index contributed by atoms with van der Waals surface area (Å²) in [5.41, 5.74) is 2.74. The molecule has 0 spiro atoms. The molecule has 0 saturated heterocycles. The molecule has 4 rings (SSSR count). The first kappa shape index (κ1) is 26.2.